The fourth-order valence-corrected chi connectivity index (χ4v) is 2.37. The average molecular weight is 262 g/mol. The zero-order valence-electron chi connectivity index (χ0n) is 11.4. The number of amides is 1. The first-order valence-electron chi connectivity index (χ1n) is 6.87. The summed E-state index contributed by atoms with van der Waals surface area (Å²) >= 11 is 0. The van der Waals surface area contributed by atoms with Crippen molar-refractivity contribution in [3.05, 3.63) is 35.4 Å². The highest BCUT2D eigenvalue weighted by molar-refractivity contribution is 5.81. The summed E-state index contributed by atoms with van der Waals surface area (Å²) in [4.78, 5) is 11.8. The minimum Gasteiger partial charge on any atom is -0.380 e. The zero-order valence-corrected chi connectivity index (χ0v) is 11.4. The molecule has 1 fully saturated rings. The molecule has 1 amide bonds. The third-order valence-electron chi connectivity index (χ3n) is 3.39. The Kier molecular flexibility index (Phi) is 5.36. The van der Waals surface area contributed by atoms with Crippen LogP contribution in [0.2, 0.25) is 0 Å². The number of hydrogen-bond donors (Lipinski definition) is 2. The first-order chi connectivity index (χ1) is 9.29. The van der Waals surface area contributed by atoms with E-state index in [0.717, 1.165) is 37.9 Å². The van der Waals surface area contributed by atoms with E-state index >= 15 is 0 Å². The quantitative estimate of drug-likeness (QED) is 0.847. The van der Waals surface area contributed by atoms with Gasteiger partial charge < -0.3 is 15.4 Å². The van der Waals surface area contributed by atoms with Crippen molar-refractivity contribution < 1.29 is 9.53 Å². The van der Waals surface area contributed by atoms with Gasteiger partial charge in [-0.25, -0.2) is 0 Å². The molecule has 1 unspecified atom stereocenters. The maximum Gasteiger partial charge on any atom is 0.237 e. The number of benzene rings is 1. The summed E-state index contributed by atoms with van der Waals surface area (Å²) in [5.41, 5.74) is 2.35. The molecule has 2 N–H and O–H groups in total. The summed E-state index contributed by atoms with van der Waals surface area (Å²) in [5.74, 6) is 0.130. The minimum absolute atomic E-state index is 0.0615. The van der Waals surface area contributed by atoms with Crippen LogP contribution >= 0.6 is 0 Å². The number of ether oxygens (including phenoxy) is 1. The first-order valence-corrected chi connectivity index (χ1v) is 6.87. The van der Waals surface area contributed by atoms with Crippen LogP contribution in [0.25, 0.3) is 0 Å². The van der Waals surface area contributed by atoms with Crippen LogP contribution in [0, 0.1) is 0 Å². The number of rotatable bonds is 5. The van der Waals surface area contributed by atoms with Crippen molar-refractivity contribution in [2.45, 2.75) is 38.5 Å². The predicted octanol–water partition coefficient (Wildman–Crippen LogP) is 1.59. The highest BCUT2D eigenvalue weighted by Gasteiger charge is 2.19. The molecule has 1 aromatic carbocycles. The molecule has 1 aromatic rings. The van der Waals surface area contributed by atoms with E-state index in [1.165, 1.54) is 5.56 Å². The Labute approximate surface area is 114 Å². The van der Waals surface area contributed by atoms with Gasteiger partial charge in [-0.15, -0.1) is 0 Å². The third-order valence-corrected chi connectivity index (χ3v) is 3.39. The standard InChI is InChI=1S/C15H22N2O2/c1-19-11-13-6-4-5-12(9-13)10-17-14-7-2-3-8-16-15(14)18/h4-6,9,14,17H,2-3,7-8,10-11H2,1H3,(H,16,18). The number of carbonyl (C=O) groups excluding carboxylic acids is 1. The van der Waals surface area contributed by atoms with Gasteiger partial charge in [0.05, 0.1) is 12.6 Å². The molecule has 1 aliphatic heterocycles. The number of hydrogen-bond acceptors (Lipinski definition) is 3. The Morgan fingerprint density at radius 3 is 3.05 bits per heavy atom. The van der Waals surface area contributed by atoms with E-state index in [0.29, 0.717) is 6.61 Å². The molecule has 0 aromatic heterocycles. The zero-order chi connectivity index (χ0) is 13.5. The fraction of sp³-hybridized carbons (Fsp3) is 0.533. The van der Waals surface area contributed by atoms with E-state index in [9.17, 15) is 4.79 Å². The van der Waals surface area contributed by atoms with Crippen molar-refractivity contribution in [1.82, 2.24) is 10.6 Å². The van der Waals surface area contributed by atoms with E-state index in [1.54, 1.807) is 7.11 Å². The number of carbonyl (C=O) groups is 1. The van der Waals surface area contributed by atoms with Crippen molar-refractivity contribution in [3.63, 3.8) is 0 Å². The van der Waals surface area contributed by atoms with E-state index in [1.807, 2.05) is 12.1 Å². The molecule has 1 heterocycles. The summed E-state index contributed by atoms with van der Waals surface area (Å²) in [7, 11) is 1.70. The molecule has 1 atom stereocenters. The predicted molar refractivity (Wildman–Crippen MR) is 74.6 cm³/mol. The lowest BCUT2D eigenvalue weighted by Crippen LogP contribution is -2.42. The molecule has 0 spiro atoms. The smallest absolute Gasteiger partial charge is 0.237 e. The van der Waals surface area contributed by atoms with Crippen molar-refractivity contribution in [2.24, 2.45) is 0 Å². The Hall–Kier alpha value is -1.39. The van der Waals surface area contributed by atoms with Gasteiger partial charge in [0.2, 0.25) is 5.91 Å². The molecule has 104 valence electrons. The molecule has 0 saturated carbocycles. The summed E-state index contributed by atoms with van der Waals surface area (Å²) in [5, 5.41) is 6.29. The maximum absolute atomic E-state index is 11.8. The van der Waals surface area contributed by atoms with Gasteiger partial charge in [-0.1, -0.05) is 24.3 Å². The van der Waals surface area contributed by atoms with Crippen LogP contribution in [-0.4, -0.2) is 25.6 Å². The monoisotopic (exact) mass is 262 g/mol. The number of methoxy groups -OCH3 is 1. The van der Waals surface area contributed by atoms with E-state index in [4.69, 9.17) is 4.74 Å². The summed E-state index contributed by atoms with van der Waals surface area (Å²) in [6.07, 6.45) is 3.09. The molecule has 1 saturated heterocycles. The van der Waals surface area contributed by atoms with Crippen LogP contribution in [0.5, 0.6) is 0 Å². The summed E-state index contributed by atoms with van der Waals surface area (Å²) in [6.45, 7) is 2.15. The van der Waals surface area contributed by atoms with Crippen molar-refractivity contribution in [3.8, 4) is 0 Å². The lowest BCUT2D eigenvalue weighted by Gasteiger charge is -2.15. The second-order valence-corrected chi connectivity index (χ2v) is 4.97. The second-order valence-electron chi connectivity index (χ2n) is 4.97. The molecule has 1 aliphatic rings. The van der Waals surface area contributed by atoms with Gasteiger partial charge in [-0.2, -0.15) is 0 Å². The highest BCUT2D eigenvalue weighted by Crippen LogP contribution is 2.09. The Morgan fingerprint density at radius 2 is 2.21 bits per heavy atom. The van der Waals surface area contributed by atoms with Crippen LogP contribution in [0.3, 0.4) is 0 Å². The summed E-state index contributed by atoms with van der Waals surface area (Å²) < 4.78 is 5.13. The lowest BCUT2D eigenvalue weighted by molar-refractivity contribution is -0.122. The maximum atomic E-state index is 11.8. The molecule has 4 heteroatoms. The topological polar surface area (TPSA) is 50.4 Å². The van der Waals surface area contributed by atoms with Crippen LogP contribution in [0.1, 0.15) is 30.4 Å². The Balaban J connectivity index is 1.90. The van der Waals surface area contributed by atoms with E-state index in [2.05, 4.69) is 22.8 Å². The SMILES string of the molecule is COCc1cccc(CNC2CCCCNC2=O)c1. The van der Waals surface area contributed by atoms with Gasteiger partial charge in [-0.3, -0.25) is 4.79 Å². The minimum atomic E-state index is -0.0615. The fourth-order valence-electron chi connectivity index (χ4n) is 2.37. The molecule has 0 bridgehead atoms. The van der Waals surface area contributed by atoms with Gasteiger partial charge in [0.1, 0.15) is 0 Å². The van der Waals surface area contributed by atoms with Gasteiger partial charge >= 0.3 is 0 Å². The van der Waals surface area contributed by atoms with Gasteiger partial charge in [-0.05, 0) is 30.4 Å². The van der Waals surface area contributed by atoms with E-state index < -0.39 is 0 Å². The lowest BCUT2D eigenvalue weighted by atomic mass is 10.1. The van der Waals surface area contributed by atoms with Crippen LogP contribution in [0.4, 0.5) is 0 Å². The van der Waals surface area contributed by atoms with Crippen molar-refractivity contribution in [2.75, 3.05) is 13.7 Å². The van der Waals surface area contributed by atoms with Gasteiger partial charge in [0, 0.05) is 20.2 Å². The van der Waals surface area contributed by atoms with Crippen molar-refractivity contribution >= 4 is 5.91 Å². The molecular weight excluding hydrogens is 240 g/mol. The van der Waals surface area contributed by atoms with Crippen molar-refractivity contribution in [1.29, 1.82) is 0 Å². The van der Waals surface area contributed by atoms with Gasteiger partial charge in [0.25, 0.3) is 0 Å². The second kappa shape index (κ2) is 7.26. The molecule has 19 heavy (non-hydrogen) atoms. The molecule has 4 nitrogen and oxygen atoms in total. The summed E-state index contributed by atoms with van der Waals surface area (Å²) in [6, 6.07) is 8.20. The highest BCUT2D eigenvalue weighted by atomic mass is 16.5. The molecule has 0 radical (unpaired) electrons. The van der Waals surface area contributed by atoms with Crippen LogP contribution in [0.15, 0.2) is 24.3 Å². The first kappa shape index (κ1) is 14.0. The van der Waals surface area contributed by atoms with Crippen LogP contribution < -0.4 is 10.6 Å². The molecule has 0 aliphatic carbocycles. The average Bonchev–Trinajstić information content (AvgIpc) is 2.62. The largest absolute Gasteiger partial charge is 0.380 e. The van der Waals surface area contributed by atoms with Crippen LogP contribution in [-0.2, 0) is 22.7 Å². The molecule has 2 rings (SSSR count). The van der Waals surface area contributed by atoms with E-state index in [-0.39, 0.29) is 11.9 Å². The molecular formula is C15H22N2O2. The Morgan fingerprint density at radius 1 is 1.37 bits per heavy atom. The third kappa shape index (κ3) is 4.33. The Bertz CT molecular complexity index is 420. The number of nitrogens with one attached hydrogen (secondary N) is 2. The normalized spacial score (nSPS) is 19.8. The van der Waals surface area contributed by atoms with Gasteiger partial charge in [0.15, 0.2) is 0 Å².